The lowest BCUT2D eigenvalue weighted by Gasteiger charge is -2.21. The summed E-state index contributed by atoms with van der Waals surface area (Å²) in [5.74, 6) is -0.652. The first kappa shape index (κ1) is 15.7. The highest BCUT2D eigenvalue weighted by molar-refractivity contribution is 5.79. The molecule has 2 N–H and O–H groups in total. The predicted octanol–water partition coefficient (Wildman–Crippen LogP) is 3.57. The summed E-state index contributed by atoms with van der Waals surface area (Å²) in [6.45, 7) is 0.622. The van der Waals surface area contributed by atoms with E-state index < -0.39 is 11.9 Å². The molecule has 0 radical (unpaired) electrons. The molecule has 0 amide bonds. The minimum atomic E-state index is -0.789. The van der Waals surface area contributed by atoms with Crippen LogP contribution in [0.2, 0.25) is 0 Å². The van der Waals surface area contributed by atoms with Crippen molar-refractivity contribution < 1.29 is 19.1 Å². The minimum absolute atomic E-state index is 0.0936. The third-order valence-corrected chi connectivity index (χ3v) is 5.01. The summed E-state index contributed by atoms with van der Waals surface area (Å²) < 4.78 is 10.6. The predicted molar refractivity (Wildman–Crippen MR) is 93.8 cm³/mol. The molecule has 3 aromatic rings. The number of ether oxygens (including phenoxy) is 1. The number of hydrogen-bond donors (Lipinski definition) is 2. The van der Waals surface area contributed by atoms with E-state index in [0.717, 1.165) is 27.8 Å². The van der Waals surface area contributed by atoms with Crippen LogP contribution in [0.4, 0.5) is 0 Å². The molecule has 25 heavy (non-hydrogen) atoms. The molecule has 128 valence electrons. The maximum atomic E-state index is 12.0. The standard InChI is InChI=1S/C20H19NO4/c1-24-15-5-2-12(3-6-15)19-18(20(22)23)16(11-21-19)13-4-7-17-14(10-13)8-9-25-17/h2-10,16,18-19,21H,11H2,1H3,(H,22,23). The molecule has 3 unspecified atom stereocenters. The van der Waals surface area contributed by atoms with Crippen LogP contribution in [-0.4, -0.2) is 24.7 Å². The molecule has 3 atom stereocenters. The topological polar surface area (TPSA) is 71.7 Å². The lowest BCUT2D eigenvalue weighted by Crippen LogP contribution is -2.25. The van der Waals surface area contributed by atoms with Crippen molar-refractivity contribution in [1.29, 1.82) is 0 Å². The Bertz CT molecular complexity index is 899. The van der Waals surface area contributed by atoms with Crippen molar-refractivity contribution in [2.45, 2.75) is 12.0 Å². The average Bonchev–Trinajstić information content (AvgIpc) is 3.27. The van der Waals surface area contributed by atoms with Crippen LogP contribution >= 0.6 is 0 Å². The summed E-state index contributed by atoms with van der Waals surface area (Å²) in [4.78, 5) is 12.0. The second-order valence-electron chi connectivity index (χ2n) is 6.35. The molecule has 4 rings (SSSR count). The van der Waals surface area contributed by atoms with Crippen LogP contribution < -0.4 is 10.1 Å². The second kappa shape index (κ2) is 6.26. The van der Waals surface area contributed by atoms with E-state index in [9.17, 15) is 9.90 Å². The maximum Gasteiger partial charge on any atom is 0.309 e. The van der Waals surface area contributed by atoms with Gasteiger partial charge in [-0.3, -0.25) is 4.79 Å². The zero-order valence-corrected chi connectivity index (χ0v) is 13.8. The average molecular weight is 337 g/mol. The van der Waals surface area contributed by atoms with Crippen LogP contribution in [0.3, 0.4) is 0 Å². The van der Waals surface area contributed by atoms with Gasteiger partial charge in [-0.15, -0.1) is 0 Å². The summed E-state index contributed by atoms with van der Waals surface area (Å²) in [6.07, 6.45) is 1.65. The SMILES string of the molecule is COc1ccc(C2NCC(c3ccc4occc4c3)C2C(=O)O)cc1. The van der Waals surface area contributed by atoms with Crippen LogP contribution in [-0.2, 0) is 4.79 Å². The van der Waals surface area contributed by atoms with Gasteiger partial charge in [-0.25, -0.2) is 0 Å². The van der Waals surface area contributed by atoms with Crippen LogP contribution in [0.5, 0.6) is 5.75 Å². The largest absolute Gasteiger partial charge is 0.497 e. The normalized spacial score (nSPS) is 23.0. The number of carboxylic acids is 1. The second-order valence-corrected chi connectivity index (χ2v) is 6.35. The van der Waals surface area contributed by atoms with Gasteiger partial charge in [0.15, 0.2) is 0 Å². The van der Waals surface area contributed by atoms with E-state index in [1.807, 2.05) is 48.5 Å². The van der Waals surface area contributed by atoms with Crippen molar-refractivity contribution in [2.24, 2.45) is 5.92 Å². The molecule has 1 saturated heterocycles. The zero-order chi connectivity index (χ0) is 17.4. The third kappa shape index (κ3) is 2.76. The molecule has 0 saturated carbocycles. The molecule has 5 heteroatoms. The van der Waals surface area contributed by atoms with Crippen LogP contribution in [0, 0.1) is 5.92 Å². The first-order chi connectivity index (χ1) is 12.2. The van der Waals surface area contributed by atoms with Gasteiger partial charge in [0.2, 0.25) is 0 Å². The highest BCUT2D eigenvalue weighted by Gasteiger charge is 2.42. The molecule has 2 aromatic carbocycles. The highest BCUT2D eigenvalue weighted by Crippen LogP contribution is 2.41. The lowest BCUT2D eigenvalue weighted by molar-refractivity contribution is -0.142. The van der Waals surface area contributed by atoms with Gasteiger partial charge in [0, 0.05) is 23.9 Å². The van der Waals surface area contributed by atoms with Crippen molar-refractivity contribution in [3.8, 4) is 5.75 Å². The molecule has 0 bridgehead atoms. The van der Waals surface area contributed by atoms with E-state index in [1.165, 1.54) is 0 Å². The fraction of sp³-hybridized carbons (Fsp3) is 0.250. The van der Waals surface area contributed by atoms with Crippen molar-refractivity contribution >= 4 is 16.9 Å². The third-order valence-electron chi connectivity index (χ3n) is 5.01. The number of hydrogen-bond acceptors (Lipinski definition) is 4. The van der Waals surface area contributed by atoms with E-state index >= 15 is 0 Å². The number of rotatable bonds is 4. The van der Waals surface area contributed by atoms with Gasteiger partial charge >= 0.3 is 5.97 Å². The van der Waals surface area contributed by atoms with Gasteiger partial charge in [-0.2, -0.15) is 0 Å². The van der Waals surface area contributed by atoms with Crippen molar-refractivity contribution in [3.05, 3.63) is 65.9 Å². The van der Waals surface area contributed by atoms with Crippen LogP contribution in [0.15, 0.2) is 59.2 Å². The summed E-state index contributed by atoms with van der Waals surface area (Å²) in [5, 5.41) is 14.2. The van der Waals surface area contributed by atoms with Gasteiger partial charge < -0.3 is 19.6 Å². The Balaban J connectivity index is 1.67. The maximum absolute atomic E-state index is 12.0. The fourth-order valence-electron chi connectivity index (χ4n) is 3.73. The quantitative estimate of drug-likeness (QED) is 0.761. The Kier molecular flexibility index (Phi) is 3.93. The summed E-state index contributed by atoms with van der Waals surface area (Å²) in [6, 6.07) is 15.1. The molecule has 1 aliphatic rings. The summed E-state index contributed by atoms with van der Waals surface area (Å²) >= 11 is 0. The van der Waals surface area contributed by atoms with E-state index in [0.29, 0.717) is 6.54 Å². The number of fused-ring (bicyclic) bond motifs is 1. The number of carbonyl (C=O) groups is 1. The Morgan fingerprint density at radius 2 is 1.92 bits per heavy atom. The Hall–Kier alpha value is -2.79. The van der Waals surface area contributed by atoms with Crippen molar-refractivity contribution in [2.75, 3.05) is 13.7 Å². The first-order valence-corrected chi connectivity index (χ1v) is 8.24. The van der Waals surface area contributed by atoms with Gasteiger partial charge in [0.25, 0.3) is 0 Å². The number of furan rings is 1. The smallest absolute Gasteiger partial charge is 0.309 e. The van der Waals surface area contributed by atoms with Gasteiger partial charge in [0.05, 0.1) is 19.3 Å². The molecular formula is C20H19NO4. The number of aliphatic carboxylic acids is 1. The van der Waals surface area contributed by atoms with E-state index in [2.05, 4.69) is 5.32 Å². The van der Waals surface area contributed by atoms with Crippen molar-refractivity contribution in [3.63, 3.8) is 0 Å². The van der Waals surface area contributed by atoms with Gasteiger partial charge in [-0.1, -0.05) is 18.2 Å². The fourth-order valence-corrected chi connectivity index (χ4v) is 3.73. The molecule has 0 aliphatic carbocycles. The molecular weight excluding hydrogens is 318 g/mol. The van der Waals surface area contributed by atoms with E-state index in [1.54, 1.807) is 13.4 Å². The van der Waals surface area contributed by atoms with Gasteiger partial charge in [-0.05, 0) is 41.5 Å². The molecule has 5 nitrogen and oxygen atoms in total. The van der Waals surface area contributed by atoms with E-state index in [4.69, 9.17) is 9.15 Å². The number of benzene rings is 2. The number of carboxylic acid groups (broad SMARTS) is 1. The Labute approximate surface area is 145 Å². The molecule has 1 fully saturated rings. The summed E-state index contributed by atoms with van der Waals surface area (Å²) in [5.41, 5.74) is 2.79. The lowest BCUT2D eigenvalue weighted by atomic mass is 9.82. The van der Waals surface area contributed by atoms with E-state index in [-0.39, 0.29) is 12.0 Å². The Morgan fingerprint density at radius 3 is 2.64 bits per heavy atom. The van der Waals surface area contributed by atoms with Gasteiger partial charge in [0.1, 0.15) is 11.3 Å². The van der Waals surface area contributed by atoms with Crippen LogP contribution in [0.1, 0.15) is 23.1 Å². The Morgan fingerprint density at radius 1 is 1.16 bits per heavy atom. The molecule has 0 spiro atoms. The molecule has 1 aromatic heterocycles. The van der Waals surface area contributed by atoms with Crippen molar-refractivity contribution in [1.82, 2.24) is 5.32 Å². The first-order valence-electron chi connectivity index (χ1n) is 8.24. The minimum Gasteiger partial charge on any atom is -0.497 e. The molecule has 2 heterocycles. The summed E-state index contributed by atoms with van der Waals surface area (Å²) in [7, 11) is 1.62. The monoisotopic (exact) mass is 337 g/mol. The molecule has 1 aliphatic heterocycles. The number of methoxy groups -OCH3 is 1. The highest BCUT2D eigenvalue weighted by atomic mass is 16.5. The zero-order valence-electron chi connectivity index (χ0n) is 13.8. The number of nitrogens with one attached hydrogen (secondary N) is 1. The van der Waals surface area contributed by atoms with Crippen LogP contribution in [0.25, 0.3) is 11.0 Å².